The van der Waals surface area contributed by atoms with Crippen molar-refractivity contribution in [1.82, 2.24) is 0 Å². The molecule has 1 amide bonds. The van der Waals surface area contributed by atoms with E-state index in [0.717, 1.165) is 30.3 Å². The Labute approximate surface area is 205 Å². The number of carbonyl (C=O) groups excluding carboxylic acids is 1. The van der Waals surface area contributed by atoms with Crippen molar-refractivity contribution in [1.29, 1.82) is 0 Å². The van der Waals surface area contributed by atoms with Gasteiger partial charge in [-0.15, -0.1) is 0 Å². The number of piperazine rings is 1. The van der Waals surface area contributed by atoms with Gasteiger partial charge in [0, 0.05) is 37.1 Å². The van der Waals surface area contributed by atoms with Crippen molar-refractivity contribution in [3.63, 3.8) is 0 Å². The molecule has 5 rings (SSSR count). The third-order valence-corrected chi connectivity index (χ3v) is 7.12. The molecular weight excluding hydrogens is 450 g/mol. The Morgan fingerprint density at radius 2 is 1.68 bits per heavy atom. The lowest BCUT2D eigenvalue weighted by atomic mass is 9.83. The van der Waals surface area contributed by atoms with Crippen LogP contribution in [0.4, 0.5) is 17.1 Å². The smallest absolute Gasteiger partial charge is 0.229 e. The summed E-state index contributed by atoms with van der Waals surface area (Å²) in [6.45, 7) is 2.40. The molecule has 0 saturated carbocycles. The second kappa shape index (κ2) is 9.47. The number of benzene rings is 3. The molecule has 1 saturated heterocycles. The minimum atomic E-state index is -0.215. The second-order valence-corrected chi connectivity index (χ2v) is 9.06. The van der Waals surface area contributed by atoms with Crippen molar-refractivity contribution < 1.29 is 14.3 Å². The third kappa shape index (κ3) is 4.14. The SMILES string of the molecule is COc1ccc(NC(=O)[C@@H]2Cc3ccccc3N3CCN(c4ccccc4Cl)C[C@H]23)cc1OC. The number of fused-ring (bicyclic) bond motifs is 3. The highest BCUT2D eigenvalue weighted by molar-refractivity contribution is 6.33. The number of ether oxygens (including phenoxy) is 2. The number of rotatable bonds is 5. The van der Waals surface area contributed by atoms with E-state index in [1.165, 1.54) is 11.3 Å². The molecule has 0 radical (unpaired) electrons. The van der Waals surface area contributed by atoms with Crippen LogP contribution >= 0.6 is 11.6 Å². The molecular formula is C27H28ClN3O3. The first-order valence-electron chi connectivity index (χ1n) is 11.5. The lowest BCUT2D eigenvalue weighted by Crippen LogP contribution is -2.60. The highest BCUT2D eigenvalue weighted by atomic mass is 35.5. The van der Waals surface area contributed by atoms with Crippen molar-refractivity contribution in [2.45, 2.75) is 12.5 Å². The maximum absolute atomic E-state index is 13.6. The first kappa shape index (κ1) is 22.4. The molecule has 2 aliphatic rings. The molecule has 2 atom stereocenters. The lowest BCUT2D eigenvalue weighted by Gasteiger charge is -2.49. The fraction of sp³-hybridized carbons (Fsp3) is 0.296. The molecule has 1 N–H and O–H groups in total. The lowest BCUT2D eigenvalue weighted by molar-refractivity contribution is -0.120. The molecule has 1 fully saturated rings. The van der Waals surface area contributed by atoms with Crippen LogP contribution in [0, 0.1) is 5.92 Å². The van der Waals surface area contributed by atoms with Crippen LogP contribution in [0.25, 0.3) is 0 Å². The van der Waals surface area contributed by atoms with Crippen molar-refractivity contribution in [2.24, 2.45) is 5.92 Å². The predicted octanol–water partition coefficient (Wildman–Crippen LogP) is 4.86. The Hall–Kier alpha value is -3.38. The van der Waals surface area contributed by atoms with Gasteiger partial charge in [0.05, 0.1) is 36.9 Å². The number of methoxy groups -OCH3 is 2. The van der Waals surface area contributed by atoms with E-state index in [2.05, 4.69) is 33.3 Å². The molecule has 3 aromatic carbocycles. The van der Waals surface area contributed by atoms with E-state index in [4.69, 9.17) is 21.1 Å². The fourth-order valence-corrected chi connectivity index (χ4v) is 5.39. The topological polar surface area (TPSA) is 54.0 Å². The standard InChI is InChI=1S/C27H28ClN3O3/c1-33-25-12-11-19(16-26(25)34-2)29-27(32)20-15-18-7-3-5-9-22(18)31-14-13-30(17-24(20)31)23-10-6-4-8-21(23)28/h3-12,16,20,24H,13-15,17H2,1-2H3,(H,29,32)/t20-,24-/m1/s1. The number of nitrogens with zero attached hydrogens (tertiary/aromatic N) is 2. The quantitative estimate of drug-likeness (QED) is 0.568. The van der Waals surface area contributed by atoms with E-state index in [9.17, 15) is 4.79 Å². The molecule has 7 heteroatoms. The van der Waals surface area contributed by atoms with Gasteiger partial charge >= 0.3 is 0 Å². The van der Waals surface area contributed by atoms with Gasteiger partial charge in [-0.1, -0.05) is 41.9 Å². The van der Waals surface area contributed by atoms with Crippen molar-refractivity contribution in [3.05, 3.63) is 77.3 Å². The number of nitrogens with one attached hydrogen (secondary N) is 1. The van der Waals surface area contributed by atoms with Crippen LogP contribution in [0.15, 0.2) is 66.7 Å². The summed E-state index contributed by atoms with van der Waals surface area (Å²) in [4.78, 5) is 18.3. The van der Waals surface area contributed by atoms with Gasteiger partial charge in [-0.25, -0.2) is 0 Å². The zero-order valence-corrected chi connectivity index (χ0v) is 20.1. The van der Waals surface area contributed by atoms with E-state index < -0.39 is 0 Å². The summed E-state index contributed by atoms with van der Waals surface area (Å²) in [6.07, 6.45) is 0.687. The van der Waals surface area contributed by atoms with Crippen LogP contribution in [0.5, 0.6) is 11.5 Å². The predicted molar refractivity (Wildman–Crippen MR) is 137 cm³/mol. The van der Waals surface area contributed by atoms with Gasteiger partial charge < -0.3 is 24.6 Å². The normalized spacial score (nSPS) is 19.1. The average Bonchev–Trinajstić information content (AvgIpc) is 2.88. The molecule has 0 bridgehead atoms. The van der Waals surface area contributed by atoms with Crippen LogP contribution in [-0.4, -0.2) is 45.8 Å². The van der Waals surface area contributed by atoms with Crippen molar-refractivity contribution in [2.75, 3.05) is 49.0 Å². The van der Waals surface area contributed by atoms with Gasteiger partial charge in [-0.3, -0.25) is 4.79 Å². The van der Waals surface area contributed by atoms with E-state index >= 15 is 0 Å². The largest absolute Gasteiger partial charge is 0.493 e. The number of hydrogen-bond donors (Lipinski definition) is 1. The van der Waals surface area contributed by atoms with Gasteiger partial charge in [0.1, 0.15) is 0 Å². The number of para-hydroxylation sites is 2. The fourth-order valence-electron chi connectivity index (χ4n) is 5.13. The van der Waals surface area contributed by atoms with E-state index in [1.54, 1.807) is 26.4 Å². The Morgan fingerprint density at radius 3 is 2.44 bits per heavy atom. The van der Waals surface area contributed by atoms with Crippen LogP contribution in [0.2, 0.25) is 5.02 Å². The molecule has 0 unspecified atom stereocenters. The average molecular weight is 478 g/mol. The zero-order chi connectivity index (χ0) is 23.7. The molecule has 0 aromatic heterocycles. The number of carbonyl (C=O) groups is 1. The van der Waals surface area contributed by atoms with Gasteiger partial charge in [-0.05, 0) is 42.3 Å². The van der Waals surface area contributed by atoms with Gasteiger partial charge in [0.25, 0.3) is 0 Å². The molecule has 0 spiro atoms. The summed E-state index contributed by atoms with van der Waals surface area (Å²) in [5, 5.41) is 3.86. The summed E-state index contributed by atoms with van der Waals surface area (Å²) in [5.74, 6) is 0.991. The Bertz CT molecular complexity index is 1200. The van der Waals surface area contributed by atoms with Crippen molar-refractivity contribution in [3.8, 4) is 11.5 Å². The molecule has 176 valence electrons. The van der Waals surface area contributed by atoms with Crippen LogP contribution in [-0.2, 0) is 11.2 Å². The number of anilines is 3. The Balaban J connectivity index is 1.44. The van der Waals surface area contributed by atoms with Gasteiger partial charge in [0.15, 0.2) is 11.5 Å². The molecule has 6 nitrogen and oxygen atoms in total. The first-order valence-corrected chi connectivity index (χ1v) is 11.8. The summed E-state index contributed by atoms with van der Waals surface area (Å²) in [6, 6.07) is 21.8. The maximum Gasteiger partial charge on any atom is 0.229 e. The van der Waals surface area contributed by atoms with Crippen LogP contribution < -0.4 is 24.6 Å². The number of amides is 1. The first-order chi connectivity index (χ1) is 16.6. The van der Waals surface area contributed by atoms with Crippen molar-refractivity contribution >= 4 is 34.6 Å². The summed E-state index contributed by atoms with van der Waals surface area (Å²) in [7, 11) is 3.18. The molecule has 2 aliphatic heterocycles. The molecule has 2 heterocycles. The maximum atomic E-state index is 13.6. The minimum absolute atomic E-state index is 0.00210. The highest BCUT2D eigenvalue weighted by Gasteiger charge is 2.41. The van der Waals surface area contributed by atoms with E-state index in [-0.39, 0.29) is 17.9 Å². The summed E-state index contributed by atoms with van der Waals surface area (Å²) in [5.41, 5.74) is 4.13. The van der Waals surface area contributed by atoms with Gasteiger partial charge in [-0.2, -0.15) is 0 Å². The Kier molecular flexibility index (Phi) is 6.24. The molecule has 3 aromatic rings. The highest BCUT2D eigenvalue weighted by Crippen LogP contribution is 2.38. The third-order valence-electron chi connectivity index (χ3n) is 6.80. The van der Waals surface area contributed by atoms with Crippen LogP contribution in [0.3, 0.4) is 0 Å². The zero-order valence-electron chi connectivity index (χ0n) is 19.3. The summed E-state index contributed by atoms with van der Waals surface area (Å²) < 4.78 is 10.7. The Morgan fingerprint density at radius 1 is 0.941 bits per heavy atom. The summed E-state index contributed by atoms with van der Waals surface area (Å²) >= 11 is 6.52. The molecule has 34 heavy (non-hydrogen) atoms. The molecule has 0 aliphatic carbocycles. The number of halogens is 1. The van der Waals surface area contributed by atoms with E-state index in [0.29, 0.717) is 23.6 Å². The number of hydrogen-bond acceptors (Lipinski definition) is 5. The second-order valence-electron chi connectivity index (χ2n) is 8.66. The minimum Gasteiger partial charge on any atom is -0.493 e. The van der Waals surface area contributed by atoms with Gasteiger partial charge in [0.2, 0.25) is 5.91 Å². The monoisotopic (exact) mass is 477 g/mol. The van der Waals surface area contributed by atoms with E-state index in [1.807, 2.05) is 36.4 Å². The van der Waals surface area contributed by atoms with Crippen LogP contribution in [0.1, 0.15) is 5.56 Å².